The van der Waals surface area contributed by atoms with E-state index in [1.807, 2.05) is 12.2 Å². The quantitative estimate of drug-likeness (QED) is 0.175. The lowest BCUT2D eigenvalue weighted by atomic mass is 10.1. The second-order valence-corrected chi connectivity index (χ2v) is 6.60. The zero-order valence-corrected chi connectivity index (χ0v) is 17.5. The first kappa shape index (κ1) is 25.2. The molecular weight excluding hydrogens is 360 g/mol. The summed E-state index contributed by atoms with van der Waals surface area (Å²) < 4.78 is 9.23. The van der Waals surface area contributed by atoms with Crippen molar-refractivity contribution in [2.45, 2.75) is 46.5 Å². The van der Waals surface area contributed by atoms with Crippen LogP contribution in [0.15, 0.2) is 48.0 Å². The number of rotatable bonds is 12. The van der Waals surface area contributed by atoms with E-state index < -0.39 is 17.8 Å². The highest BCUT2D eigenvalue weighted by Crippen LogP contribution is 2.08. The van der Waals surface area contributed by atoms with E-state index in [0.717, 1.165) is 19.1 Å². The summed E-state index contributed by atoms with van der Waals surface area (Å²) in [5.74, 6) is -1.28. The molecule has 7 heteroatoms. The number of carbonyl (C=O) groups is 3. The zero-order chi connectivity index (χ0) is 21.5. The van der Waals surface area contributed by atoms with Crippen molar-refractivity contribution in [2.24, 2.45) is 5.92 Å². The number of hydrogen-bond acceptors (Lipinski definition) is 5. The van der Waals surface area contributed by atoms with Gasteiger partial charge in [0.2, 0.25) is 0 Å². The summed E-state index contributed by atoms with van der Waals surface area (Å²) in [5.41, 5.74) is 0.00684. The van der Waals surface area contributed by atoms with E-state index in [0.29, 0.717) is 11.5 Å². The number of allylic oxidation sites excluding steroid dienone is 3. The molecule has 156 valence electrons. The van der Waals surface area contributed by atoms with Gasteiger partial charge in [0.05, 0.1) is 19.9 Å². The highest BCUT2D eigenvalue weighted by molar-refractivity contribution is 6.04. The smallest absolute Gasteiger partial charge is 0.357 e. The van der Waals surface area contributed by atoms with Gasteiger partial charge < -0.3 is 20.1 Å². The lowest BCUT2D eigenvalue weighted by Crippen LogP contribution is -2.36. The van der Waals surface area contributed by atoms with Crippen molar-refractivity contribution in [3.63, 3.8) is 0 Å². The van der Waals surface area contributed by atoms with Crippen molar-refractivity contribution in [1.82, 2.24) is 10.6 Å². The summed E-state index contributed by atoms with van der Waals surface area (Å²) in [4.78, 5) is 35.7. The van der Waals surface area contributed by atoms with Gasteiger partial charge in [-0.15, -0.1) is 0 Å². The van der Waals surface area contributed by atoms with Crippen LogP contribution in [-0.4, -0.2) is 32.0 Å². The Kier molecular flexibility index (Phi) is 12.8. The molecule has 0 bridgehead atoms. The topological polar surface area (TPSA) is 93.7 Å². The van der Waals surface area contributed by atoms with Crippen LogP contribution in [0.3, 0.4) is 0 Å². The van der Waals surface area contributed by atoms with Crippen molar-refractivity contribution < 1.29 is 23.9 Å². The first-order valence-electron chi connectivity index (χ1n) is 9.19. The van der Waals surface area contributed by atoms with Gasteiger partial charge >= 0.3 is 5.97 Å². The van der Waals surface area contributed by atoms with E-state index in [1.165, 1.54) is 27.1 Å². The van der Waals surface area contributed by atoms with Crippen molar-refractivity contribution in [3.8, 4) is 0 Å². The van der Waals surface area contributed by atoms with Gasteiger partial charge in [0.15, 0.2) is 5.70 Å². The summed E-state index contributed by atoms with van der Waals surface area (Å²) in [6.07, 6.45) is 11.0. The SMILES string of the molecule is C=C(NC(=O)/C(C)=C/C=C\CCCCC(C)C)C(=O)N/C(=C\OC)C(=O)OC. The third kappa shape index (κ3) is 11.0. The highest BCUT2D eigenvalue weighted by atomic mass is 16.5. The molecule has 0 unspecified atom stereocenters. The monoisotopic (exact) mass is 392 g/mol. The Morgan fingerprint density at radius 1 is 1.07 bits per heavy atom. The Hall–Kier alpha value is -2.83. The first-order chi connectivity index (χ1) is 13.2. The Bertz CT molecular complexity index is 645. The van der Waals surface area contributed by atoms with Crippen LogP contribution in [0.25, 0.3) is 0 Å². The summed E-state index contributed by atoms with van der Waals surface area (Å²) in [6, 6.07) is 0. The average molecular weight is 392 g/mol. The molecule has 0 heterocycles. The predicted molar refractivity (Wildman–Crippen MR) is 109 cm³/mol. The van der Waals surface area contributed by atoms with Crippen LogP contribution < -0.4 is 10.6 Å². The van der Waals surface area contributed by atoms with Crippen LogP contribution in [0.4, 0.5) is 0 Å². The number of methoxy groups -OCH3 is 2. The number of ether oxygens (including phenoxy) is 2. The maximum atomic E-state index is 12.1. The molecule has 2 N–H and O–H groups in total. The van der Waals surface area contributed by atoms with E-state index in [1.54, 1.807) is 13.0 Å². The van der Waals surface area contributed by atoms with Gasteiger partial charge in [0.1, 0.15) is 6.26 Å². The standard InChI is InChI=1S/C21H32N2O5/c1-15(2)12-10-8-7-9-11-13-16(3)19(24)22-17(4)20(25)23-18(14-27-5)21(26)28-6/h9,11,13-15H,4,7-8,10,12H2,1-3,5-6H3,(H,22,24)(H,23,25)/b11-9-,16-13+,18-14-. The molecule has 0 saturated carbocycles. The second kappa shape index (κ2) is 14.3. The summed E-state index contributed by atoms with van der Waals surface area (Å²) in [5, 5.41) is 4.66. The highest BCUT2D eigenvalue weighted by Gasteiger charge is 2.17. The number of unbranched alkanes of at least 4 members (excludes halogenated alkanes) is 2. The Balaban J connectivity index is 4.54. The molecule has 0 aliphatic rings. The summed E-state index contributed by atoms with van der Waals surface area (Å²) in [7, 11) is 2.48. The third-order valence-electron chi connectivity index (χ3n) is 3.67. The largest absolute Gasteiger partial charge is 0.502 e. The normalized spacial score (nSPS) is 12.1. The molecule has 0 spiro atoms. The number of esters is 1. The van der Waals surface area contributed by atoms with Gasteiger partial charge in [-0.25, -0.2) is 4.79 Å². The van der Waals surface area contributed by atoms with Crippen molar-refractivity contribution in [3.05, 3.63) is 48.0 Å². The van der Waals surface area contributed by atoms with Gasteiger partial charge in [0.25, 0.3) is 11.8 Å². The Morgan fingerprint density at radius 2 is 1.75 bits per heavy atom. The summed E-state index contributed by atoms with van der Waals surface area (Å²) in [6.45, 7) is 9.56. The minimum Gasteiger partial charge on any atom is -0.502 e. The van der Waals surface area contributed by atoms with Crippen LogP contribution in [0.1, 0.15) is 46.5 Å². The molecule has 0 aromatic heterocycles. The average Bonchev–Trinajstić information content (AvgIpc) is 2.65. The molecule has 0 aliphatic heterocycles. The van der Waals surface area contributed by atoms with Gasteiger partial charge in [-0.2, -0.15) is 0 Å². The molecular formula is C21H32N2O5. The van der Waals surface area contributed by atoms with Crippen LogP contribution in [0, 0.1) is 5.92 Å². The zero-order valence-electron chi connectivity index (χ0n) is 17.5. The molecule has 0 radical (unpaired) electrons. The lowest BCUT2D eigenvalue weighted by Gasteiger charge is -2.10. The molecule has 0 fully saturated rings. The molecule has 0 rings (SSSR count). The molecule has 0 aliphatic carbocycles. The van der Waals surface area contributed by atoms with Gasteiger partial charge in [-0.05, 0) is 25.7 Å². The number of nitrogens with one attached hydrogen (secondary N) is 2. The number of carbonyl (C=O) groups excluding carboxylic acids is 3. The number of amides is 2. The molecule has 0 aromatic carbocycles. The van der Waals surface area contributed by atoms with Gasteiger partial charge in [0, 0.05) is 5.57 Å². The molecule has 7 nitrogen and oxygen atoms in total. The third-order valence-corrected chi connectivity index (χ3v) is 3.67. The molecule has 0 atom stereocenters. The molecule has 28 heavy (non-hydrogen) atoms. The van der Waals surface area contributed by atoms with Gasteiger partial charge in [-0.3, -0.25) is 9.59 Å². The maximum absolute atomic E-state index is 12.1. The van der Waals surface area contributed by atoms with Crippen LogP contribution in [-0.2, 0) is 23.9 Å². The molecule has 2 amide bonds. The maximum Gasteiger partial charge on any atom is 0.357 e. The van der Waals surface area contributed by atoms with Crippen LogP contribution in [0.5, 0.6) is 0 Å². The second-order valence-electron chi connectivity index (χ2n) is 6.60. The Labute approximate surface area is 167 Å². The van der Waals surface area contributed by atoms with Crippen molar-refractivity contribution >= 4 is 17.8 Å². The minimum absolute atomic E-state index is 0.207. The molecule has 0 aromatic rings. The predicted octanol–water partition coefficient (Wildman–Crippen LogP) is 3.11. The fourth-order valence-corrected chi connectivity index (χ4v) is 2.05. The van der Waals surface area contributed by atoms with Crippen molar-refractivity contribution in [1.29, 1.82) is 0 Å². The fraction of sp³-hybridized carbons (Fsp3) is 0.476. The van der Waals surface area contributed by atoms with Crippen LogP contribution in [0.2, 0.25) is 0 Å². The van der Waals surface area contributed by atoms with E-state index in [2.05, 4.69) is 35.8 Å². The first-order valence-corrected chi connectivity index (χ1v) is 9.19. The molecule has 0 saturated heterocycles. The van der Waals surface area contributed by atoms with Crippen LogP contribution >= 0.6 is 0 Å². The van der Waals surface area contributed by atoms with E-state index >= 15 is 0 Å². The van der Waals surface area contributed by atoms with Gasteiger partial charge in [-0.1, -0.05) is 51.5 Å². The fourth-order valence-electron chi connectivity index (χ4n) is 2.05. The van der Waals surface area contributed by atoms with E-state index in [4.69, 9.17) is 4.74 Å². The van der Waals surface area contributed by atoms with Crippen molar-refractivity contribution in [2.75, 3.05) is 14.2 Å². The number of hydrogen-bond donors (Lipinski definition) is 2. The lowest BCUT2D eigenvalue weighted by molar-refractivity contribution is -0.137. The minimum atomic E-state index is -0.788. The van der Waals surface area contributed by atoms with E-state index in [9.17, 15) is 14.4 Å². The van der Waals surface area contributed by atoms with E-state index in [-0.39, 0.29) is 11.4 Å². The summed E-state index contributed by atoms with van der Waals surface area (Å²) >= 11 is 0. The Morgan fingerprint density at radius 3 is 2.32 bits per heavy atom.